The third-order valence-electron chi connectivity index (χ3n) is 3.47. The normalized spacial score (nSPS) is 10.3. The van der Waals surface area contributed by atoms with Gasteiger partial charge in [-0.05, 0) is 11.6 Å². The molecule has 0 heterocycles. The topological polar surface area (TPSA) is 43.1 Å². The predicted octanol–water partition coefficient (Wildman–Crippen LogP) is 4.17. The van der Waals surface area contributed by atoms with Crippen molar-refractivity contribution in [3.63, 3.8) is 0 Å². The zero-order valence-corrected chi connectivity index (χ0v) is 11.5. The fraction of sp³-hybridized carbons (Fsp3) is 0. The van der Waals surface area contributed by atoms with Gasteiger partial charge in [0.05, 0.1) is 5.69 Å². The van der Waals surface area contributed by atoms with E-state index in [2.05, 4.69) is 0 Å². The quantitative estimate of drug-likeness (QED) is 0.575. The Labute approximate surface area is 123 Å². The molecule has 0 aromatic heterocycles. The molecular formula is C19H15NO. The Balaban J connectivity index is 2.08. The van der Waals surface area contributed by atoms with Crippen LogP contribution in [0.2, 0.25) is 0 Å². The molecule has 0 aliphatic carbocycles. The largest absolute Gasteiger partial charge is 0.398 e. The van der Waals surface area contributed by atoms with E-state index in [1.54, 1.807) is 18.2 Å². The predicted molar refractivity (Wildman–Crippen MR) is 86.2 cm³/mol. The van der Waals surface area contributed by atoms with Crippen LogP contribution in [0.25, 0.3) is 11.1 Å². The van der Waals surface area contributed by atoms with Crippen molar-refractivity contribution in [3.8, 4) is 11.1 Å². The number of carbonyl (C=O) groups excluding carboxylic acids is 1. The molecule has 2 nitrogen and oxygen atoms in total. The molecule has 0 aliphatic rings. The van der Waals surface area contributed by atoms with Gasteiger partial charge in [-0.3, -0.25) is 4.79 Å². The van der Waals surface area contributed by atoms with Crippen LogP contribution in [0, 0.1) is 0 Å². The van der Waals surface area contributed by atoms with Crippen molar-refractivity contribution in [3.05, 3.63) is 90.0 Å². The molecule has 0 unspecified atom stereocenters. The smallest absolute Gasteiger partial charge is 0.195 e. The van der Waals surface area contributed by atoms with Crippen LogP contribution in [0.4, 0.5) is 5.69 Å². The molecule has 0 bridgehead atoms. The van der Waals surface area contributed by atoms with Crippen molar-refractivity contribution in [1.29, 1.82) is 0 Å². The highest BCUT2D eigenvalue weighted by molar-refractivity contribution is 6.13. The number of nitrogens with two attached hydrogens (primary N) is 1. The average molecular weight is 273 g/mol. The Hall–Kier alpha value is -2.87. The van der Waals surface area contributed by atoms with Crippen LogP contribution in [0.15, 0.2) is 78.9 Å². The fourth-order valence-electron chi connectivity index (χ4n) is 2.38. The second-order valence-electron chi connectivity index (χ2n) is 4.83. The second-order valence-corrected chi connectivity index (χ2v) is 4.83. The van der Waals surface area contributed by atoms with Gasteiger partial charge in [0.2, 0.25) is 0 Å². The molecule has 2 heteroatoms. The van der Waals surface area contributed by atoms with Gasteiger partial charge in [-0.2, -0.15) is 0 Å². The van der Waals surface area contributed by atoms with Crippen LogP contribution in [-0.4, -0.2) is 5.78 Å². The molecule has 3 rings (SSSR count). The molecule has 0 fully saturated rings. The van der Waals surface area contributed by atoms with Gasteiger partial charge in [-0.1, -0.05) is 72.8 Å². The summed E-state index contributed by atoms with van der Waals surface area (Å²) in [5.74, 6) is -0.0501. The lowest BCUT2D eigenvalue weighted by atomic mass is 9.96. The number of nitrogen functional groups attached to an aromatic ring is 1. The molecule has 0 radical (unpaired) electrons. The van der Waals surface area contributed by atoms with Gasteiger partial charge in [-0.25, -0.2) is 0 Å². The van der Waals surface area contributed by atoms with E-state index >= 15 is 0 Å². The van der Waals surface area contributed by atoms with Gasteiger partial charge >= 0.3 is 0 Å². The summed E-state index contributed by atoms with van der Waals surface area (Å²) in [6.45, 7) is 0. The second kappa shape index (κ2) is 5.63. The standard InChI is InChI=1S/C19H15NO/c20-18-16(14-8-3-1-4-9-14)12-7-13-17(18)19(21)15-10-5-2-6-11-15/h1-13H,20H2. The third-order valence-corrected chi connectivity index (χ3v) is 3.47. The Morgan fingerprint density at radius 2 is 1.33 bits per heavy atom. The first kappa shape index (κ1) is 13.1. The molecule has 0 spiro atoms. The lowest BCUT2D eigenvalue weighted by Crippen LogP contribution is -2.06. The Morgan fingerprint density at radius 1 is 0.714 bits per heavy atom. The average Bonchev–Trinajstić information content (AvgIpc) is 2.56. The lowest BCUT2D eigenvalue weighted by molar-refractivity contribution is 0.103. The maximum atomic E-state index is 12.6. The maximum Gasteiger partial charge on any atom is 0.195 e. The summed E-state index contributed by atoms with van der Waals surface area (Å²) in [6, 6.07) is 24.6. The number of rotatable bonds is 3. The number of benzene rings is 3. The zero-order chi connectivity index (χ0) is 14.7. The summed E-state index contributed by atoms with van der Waals surface area (Å²) in [7, 11) is 0. The van der Waals surface area contributed by atoms with Crippen LogP contribution in [0.1, 0.15) is 15.9 Å². The SMILES string of the molecule is Nc1c(C(=O)c2ccccc2)cccc1-c1ccccc1. The van der Waals surface area contributed by atoms with Crippen LogP contribution in [0.5, 0.6) is 0 Å². The number of hydrogen-bond acceptors (Lipinski definition) is 2. The van der Waals surface area contributed by atoms with E-state index in [1.165, 1.54) is 0 Å². The van der Waals surface area contributed by atoms with Gasteiger partial charge in [0, 0.05) is 16.7 Å². The van der Waals surface area contributed by atoms with Crippen LogP contribution in [0.3, 0.4) is 0 Å². The number of ketones is 1. The van der Waals surface area contributed by atoms with E-state index in [0.717, 1.165) is 11.1 Å². The Kier molecular flexibility index (Phi) is 3.52. The molecule has 0 saturated carbocycles. The van der Waals surface area contributed by atoms with E-state index < -0.39 is 0 Å². The van der Waals surface area contributed by atoms with Gasteiger partial charge in [0.15, 0.2) is 5.78 Å². The summed E-state index contributed by atoms with van der Waals surface area (Å²) in [6.07, 6.45) is 0. The van der Waals surface area contributed by atoms with Gasteiger partial charge in [0.1, 0.15) is 0 Å². The molecule has 3 aromatic carbocycles. The van der Waals surface area contributed by atoms with Crippen molar-refractivity contribution < 1.29 is 4.79 Å². The van der Waals surface area contributed by atoms with E-state index in [0.29, 0.717) is 16.8 Å². The van der Waals surface area contributed by atoms with E-state index in [-0.39, 0.29) is 5.78 Å². The van der Waals surface area contributed by atoms with E-state index in [1.807, 2.05) is 60.7 Å². The summed E-state index contributed by atoms with van der Waals surface area (Å²) in [5, 5.41) is 0. The molecule has 102 valence electrons. The first-order valence-corrected chi connectivity index (χ1v) is 6.81. The zero-order valence-electron chi connectivity index (χ0n) is 11.5. The van der Waals surface area contributed by atoms with Crippen molar-refractivity contribution in [1.82, 2.24) is 0 Å². The summed E-state index contributed by atoms with van der Waals surface area (Å²) >= 11 is 0. The van der Waals surface area contributed by atoms with Gasteiger partial charge in [-0.15, -0.1) is 0 Å². The molecule has 21 heavy (non-hydrogen) atoms. The highest BCUT2D eigenvalue weighted by atomic mass is 16.1. The first-order chi connectivity index (χ1) is 10.3. The van der Waals surface area contributed by atoms with Gasteiger partial charge in [0.25, 0.3) is 0 Å². The van der Waals surface area contributed by atoms with Crippen molar-refractivity contribution in [2.75, 3.05) is 5.73 Å². The third kappa shape index (κ3) is 2.56. The first-order valence-electron chi connectivity index (χ1n) is 6.81. The molecule has 0 saturated heterocycles. The molecule has 0 amide bonds. The summed E-state index contributed by atoms with van der Waals surface area (Å²) < 4.78 is 0. The molecule has 2 N–H and O–H groups in total. The maximum absolute atomic E-state index is 12.6. The Morgan fingerprint density at radius 3 is 2.00 bits per heavy atom. The summed E-state index contributed by atoms with van der Waals surface area (Å²) in [5.41, 5.74) is 9.85. The van der Waals surface area contributed by atoms with Crippen molar-refractivity contribution in [2.24, 2.45) is 0 Å². The van der Waals surface area contributed by atoms with E-state index in [9.17, 15) is 4.79 Å². The fourth-order valence-corrected chi connectivity index (χ4v) is 2.38. The number of carbonyl (C=O) groups is 1. The summed E-state index contributed by atoms with van der Waals surface area (Å²) in [4.78, 5) is 12.6. The lowest BCUT2D eigenvalue weighted by Gasteiger charge is -2.10. The van der Waals surface area contributed by atoms with Crippen LogP contribution >= 0.6 is 0 Å². The van der Waals surface area contributed by atoms with Crippen molar-refractivity contribution in [2.45, 2.75) is 0 Å². The van der Waals surface area contributed by atoms with Crippen molar-refractivity contribution >= 4 is 11.5 Å². The molecular weight excluding hydrogens is 258 g/mol. The minimum absolute atomic E-state index is 0.0501. The van der Waals surface area contributed by atoms with Crippen LogP contribution in [-0.2, 0) is 0 Å². The van der Waals surface area contributed by atoms with Crippen LogP contribution < -0.4 is 5.73 Å². The van der Waals surface area contributed by atoms with E-state index in [4.69, 9.17) is 5.73 Å². The number of hydrogen-bond donors (Lipinski definition) is 1. The monoisotopic (exact) mass is 273 g/mol. The molecule has 0 aliphatic heterocycles. The minimum atomic E-state index is -0.0501. The Bertz CT molecular complexity index is 764. The number of anilines is 1. The molecule has 3 aromatic rings. The highest BCUT2D eigenvalue weighted by Crippen LogP contribution is 2.29. The van der Waals surface area contributed by atoms with Gasteiger partial charge < -0.3 is 5.73 Å². The molecule has 0 atom stereocenters. The number of para-hydroxylation sites is 1. The minimum Gasteiger partial charge on any atom is -0.398 e. The highest BCUT2D eigenvalue weighted by Gasteiger charge is 2.14.